The summed E-state index contributed by atoms with van der Waals surface area (Å²) in [7, 11) is 0. The number of nitrogens with two attached hydrogens (primary N) is 1. The molecule has 0 saturated heterocycles. The van der Waals surface area contributed by atoms with Gasteiger partial charge in [0, 0.05) is 16.8 Å². The van der Waals surface area contributed by atoms with E-state index in [-0.39, 0.29) is 21.9 Å². The Hall–Kier alpha value is -1.40. The lowest BCUT2D eigenvalue weighted by molar-refractivity contribution is -0.146. The average molecular weight is 302 g/mol. The largest absolute Gasteiger partial charge is 0.479 e. The molecule has 0 amide bonds. The zero-order valence-electron chi connectivity index (χ0n) is 9.05. The molecule has 0 heterocycles. The third kappa shape index (κ3) is 3.04. The number of benzene rings is 1. The van der Waals surface area contributed by atoms with Crippen LogP contribution in [0, 0.1) is 0 Å². The molecule has 0 bridgehead atoms. The van der Waals surface area contributed by atoms with E-state index in [1.54, 1.807) is 6.92 Å². The number of Topliss-reactive ketones (excluding diaryl/α,β-unsaturated/α-hetero) is 1. The quantitative estimate of drug-likeness (QED) is 0.443. The molecule has 0 fully saturated rings. The summed E-state index contributed by atoms with van der Waals surface area (Å²) in [5.41, 5.74) is 6.14. The molecule has 5 nitrogen and oxygen atoms in total. The van der Waals surface area contributed by atoms with Crippen molar-refractivity contribution in [1.82, 2.24) is 0 Å². The smallest absolute Gasteiger partial charge is 0.337 e. The number of aliphatic carboxylic acids is 1. The molecule has 4 N–H and O–H groups in total. The first-order valence-electron chi connectivity index (χ1n) is 4.83. The zero-order valence-corrected chi connectivity index (χ0v) is 10.6. The van der Waals surface area contributed by atoms with Gasteiger partial charge in [0.05, 0.1) is 4.83 Å². The maximum atomic E-state index is 11.6. The van der Waals surface area contributed by atoms with Crippen molar-refractivity contribution in [2.24, 2.45) is 0 Å². The second-order valence-electron chi connectivity index (χ2n) is 3.56. The molecule has 1 aromatic carbocycles. The predicted octanol–water partition coefficient (Wildman–Crippen LogP) is 1.35. The molecule has 0 aliphatic carbocycles. The number of halogens is 1. The highest BCUT2D eigenvalue weighted by atomic mass is 79.9. The Kier molecular flexibility index (Phi) is 4.25. The Bertz CT molecular complexity index is 459. The lowest BCUT2D eigenvalue weighted by Crippen LogP contribution is -2.15. The van der Waals surface area contributed by atoms with Crippen molar-refractivity contribution < 1.29 is 19.8 Å². The van der Waals surface area contributed by atoms with E-state index in [1.807, 2.05) is 0 Å². The standard InChI is InChI=1S/C11H12BrNO4/c1-5(12)9(14)6-2-3-7(8(13)4-6)10(15)11(16)17/h2-5,10,15H,13H2,1H3,(H,16,17). The predicted molar refractivity (Wildman–Crippen MR) is 66.2 cm³/mol. The van der Waals surface area contributed by atoms with Gasteiger partial charge in [-0.05, 0) is 13.0 Å². The summed E-state index contributed by atoms with van der Waals surface area (Å²) in [4.78, 5) is 21.9. The van der Waals surface area contributed by atoms with Crippen molar-refractivity contribution >= 4 is 33.4 Å². The number of alkyl halides is 1. The summed E-state index contributed by atoms with van der Waals surface area (Å²) in [6.45, 7) is 1.68. The molecule has 6 heteroatoms. The SMILES string of the molecule is CC(Br)C(=O)c1ccc(C(O)C(=O)O)c(N)c1. The van der Waals surface area contributed by atoms with Crippen molar-refractivity contribution in [3.63, 3.8) is 0 Å². The summed E-state index contributed by atoms with van der Waals surface area (Å²) in [6, 6.07) is 4.15. The van der Waals surface area contributed by atoms with Gasteiger partial charge in [0.25, 0.3) is 0 Å². The Morgan fingerprint density at radius 3 is 2.41 bits per heavy atom. The van der Waals surface area contributed by atoms with Gasteiger partial charge in [-0.25, -0.2) is 4.79 Å². The number of carboxylic acids is 1. The van der Waals surface area contributed by atoms with Gasteiger partial charge in [-0.15, -0.1) is 0 Å². The van der Waals surface area contributed by atoms with Crippen LogP contribution in [0.1, 0.15) is 28.9 Å². The van der Waals surface area contributed by atoms with E-state index in [0.29, 0.717) is 5.56 Å². The topological polar surface area (TPSA) is 101 Å². The molecule has 1 rings (SSSR count). The van der Waals surface area contributed by atoms with Gasteiger partial charge < -0.3 is 15.9 Å². The molecule has 0 spiro atoms. The number of nitrogen functional groups attached to an aromatic ring is 1. The van der Waals surface area contributed by atoms with Crippen molar-refractivity contribution in [3.05, 3.63) is 29.3 Å². The molecule has 1 aromatic rings. The first-order chi connectivity index (χ1) is 7.84. The van der Waals surface area contributed by atoms with Crippen LogP contribution in [0.15, 0.2) is 18.2 Å². The van der Waals surface area contributed by atoms with Crippen LogP contribution in [0.5, 0.6) is 0 Å². The molecule has 0 saturated carbocycles. The number of aliphatic hydroxyl groups excluding tert-OH is 1. The average Bonchev–Trinajstić information content (AvgIpc) is 2.26. The van der Waals surface area contributed by atoms with Gasteiger partial charge in [0.1, 0.15) is 0 Å². The summed E-state index contributed by atoms with van der Waals surface area (Å²) < 4.78 is 0. The van der Waals surface area contributed by atoms with Gasteiger partial charge in [0.2, 0.25) is 0 Å². The van der Waals surface area contributed by atoms with Gasteiger partial charge in [0.15, 0.2) is 11.9 Å². The molecule has 0 aromatic heterocycles. The highest BCUT2D eigenvalue weighted by Crippen LogP contribution is 2.23. The van der Waals surface area contributed by atoms with Gasteiger partial charge in [-0.3, -0.25) is 4.79 Å². The Balaban J connectivity index is 3.10. The van der Waals surface area contributed by atoms with Crippen LogP contribution in [-0.2, 0) is 4.79 Å². The molecule has 17 heavy (non-hydrogen) atoms. The Labute approximate surface area is 106 Å². The van der Waals surface area contributed by atoms with Crippen LogP contribution >= 0.6 is 15.9 Å². The fourth-order valence-electron chi connectivity index (χ4n) is 1.34. The number of hydrogen-bond donors (Lipinski definition) is 3. The third-order valence-electron chi connectivity index (χ3n) is 2.26. The normalized spacial score (nSPS) is 14.1. The van der Waals surface area contributed by atoms with Gasteiger partial charge >= 0.3 is 5.97 Å². The van der Waals surface area contributed by atoms with E-state index >= 15 is 0 Å². The summed E-state index contributed by atoms with van der Waals surface area (Å²) in [5.74, 6) is -1.54. The second-order valence-corrected chi connectivity index (χ2v) is 4.94. The molecule has 92 valence electrons. The maximum absolute atomic E-state index is 11.6. The highest BCUT2D eigenvalue weighted by Gasteiger charge is 2.20. The van der Waals surface area contributed by atoms with Crippen LogP contribution in [0.3, 0.4) is 0 Å². The van der Waals surface area contributed by atoms with Crippen LogP contribution in [0.2, 0.25) is 0 Å². The van der Waals surface area contributed by atoms with Crippen LogP contribution in [0.25, 0.3) is 0 Å². The molecule has 2 atom stereocenters. The second kappa shape index (κ2) is 5.29. The van der Waals surface area contributed by atoms with Crippen LogP contribution in [0.4, 0.5) is 5.69 Å². The number of carboxylic acid groups (broad SMARTS) is 1. The number of rotatable bonds is 4. The summed E-state index contributed by atoms with van der Waals surface area (Å²) in [5, 5.41) is 18.0. The van der Waals surface area contributed by atoms with E-state index in [0.717, 1.165) is 0 Å². The van der Waals surface area contributed by atoms with Gasteiger partial charge in [-0.2, -0.15) is 0 Å². The first-order valence-corrected chi connectivity index (χ1v) is 5.74. The van der Waals surface area contributed by atoms with Crippen molar-refractivity contribution in [2.45, 2.75) is 17.9 Å². The maximum Gasteiger partial charge on any atom is 0.337 e. The molecular weight excluding hydrogens is 290 g/mol. The lowest BCUT2D eigenvalue weighted by Gasteiger charge is -2.11. The van der Waals surface area contributed by atoms with Crippen molar-refractivity contribution in [1.29, 1.82) is 0 Å². The monoisotopic (exact) mass is 301 g/mol. The first kappa shape index (κ1) is 13.7. The van der Waals surface area contributed by atoms with E-state index in [9.17, 15) is 14.7 Å². The summed E-state index contributed by atoms with van der Waals surface area (Å²) >= 11 is 3.14. The zero-order chi connectivity index (χ0) is 13.2. The minimum atomic E-state index is -1.68. The Morgan fingerprint density at radius 2 is 2.00 bits per heavy atom. The Morgan fingerprint density at radius 1 is 1.41 bits per heavy atom. The summed E-state index contributed by atoms with van der Waals surface area (Å²) in [6.07, 6.45) is -1.68. The fourth-order valence-corrected chi connectivity index (χ4v) is 1.60. The molecular formula is C11H12BrNO4. The number of aliphatic hydroxyl groups is 1. The highest BCUT2D eigenvalue weighted by molar-refractivity contribution is 9.10. The molecule has 0 radical (unpaired) electrons. The third-order valence-corrected chi connectivity index (χ3v) is 2.68. The van der Waals surface area contributed by atoms with E-state index < -0.39 is 12.1 Å². The van der Waals surface area contributed by atoms with Crippen LogP contribution in [-0.4, -0.2) is 26.8 Å². The molecule has 0 aliphatic heterocycles. The number of carbonyl (C=O) groups is 2. The number of anilines is 1. The van der Waals surface area contributed by atoms with Crippen molar-refractivity contribution in [3.8, 4) is 0 Å². The van der Waals surface area contributed by atoms with E-state index in [2.05, 4.69) is 15.9 Å². The minimum Gasteiger partial charge on any atom is -0.479 e. The van der Waals surface area contributed by atoms with E-state index in [1.165, 1.54) is 18.2 Å². The van der Waals surface area contributed by atoms with Crippen molar-refractivity contribution in [2.75, 3.05) is 5.73 Å². The fraction of sp³-hybridized carbons (Fsp3) is 0.273. The minimum absolute atomic E-state index is 0.0799. The van der Waals surface area contributed by atoms with Crippen LogP contribution < -0.4 is 5.73 Å². The molecule has 0 aliphatic rings. The number of hydrogen-bond acceptors (Lipinski definition) is 4. The lowest BCUT2D eigenvalue weighted by atomic mass is 10.0. The van der Waals surface area contributed by atoms with E-state index in [4.69, 9.17) is 10.8 Å². The number of ketones is 1. The number of carbonyl (C=O) groups excluding carboxylic acids is 1. The van der Waals surface area contributed by atoms with Gasteiger partial charge in [-0.1, -0.05) is 28.1 Å². The molecule has 2 unspecified atom stereocenters.